The maximum atomic E-state index is 12.5. The van der Waals surface area contributed by atoms with Gasteiger partial charge in [-0.1, -0.05) is 52.3 Å². The Balaban J connectivity index is 1.52. The summed E-state index contributed by atoms with van der Waals surface area (Å²) in [4.78, 5) is 16.9. The van der Waals surface area contributed by atoms with Gasteiger partial charge in [-0.05, 0) is 36.6 Å². The Kier molecular flexibility index (Phi) is 5.56. The first-order valence-corrected chi connectivity index (χ1v) is 9.26. The van der Waals surface area contributed by atoms with Crippen LogP contribution in [0.15, 0.2) is 53.0 Å². The van der Waals surface area contributed by atoms with Crippen LogP contribution >= 0.6 is 15.9 Å². The first-order valence-electron chi connectivity index (χ1n) is 8.47. The van der Waals surface area contributed by atoms with Gasteiger partial charge in [0.05, 0.1) is 0 Å². The molecule has 2 aromatic carbocycles. The van der Waals surface area contributed by atoms with Gasteiger partial charge in [-0.2, -0.15) is 0 Å². The van der Waals surface area contributed by atoms with E-state index in [1.165, 1.54) is 16.8 Å². The van der Waals surface area contributed by atoms with Gasteiger partial charge < -0.3 is 9.80 Å². The molecular formula is C20H23BrN2O. The van der Waals surface area contributed by atoms with Gasteiger partial charge in [0.1, 0.15) is 0 Å². The van der Waals surface area contributed by atoms with E-state index in [0.717, 1.165) is 37.1 Å². The van der Waals surface area contributed by atoms with Gasteiger partial charge in [-0.15, -0.1) is 0 Å². The zero-order valence-electron chi connectivity index (χ0n) is 14.0. The van der Waals surface area contributed by atoms with Crippen molar-refractivity contribution in [2.75, 3.05) is 31.1 Å². The van der Waals surface area contributed by atoms with Crippen molar-refractivity contribution in [1.29, 1.82) is 0 Å². The Labute approximate surface area is 152 Å². The van der Waals surface area contributed by atoms with Crippen LogP contribution < -0.4 is 4.90 Å². The van der Waals surface area contributed by atoms with Gasteiger partial charge in [-0.25, -0.2) is 0 Å². The molecule has 0 atom stereocenters. The molecule has 1 amide bonds. The number of carbonyl (C=O) groups is 1. The van der Waals surface area contributed by atoms with E-state index >= 15 is 0 Å². The number of hydrogen-bond acceptors (Lipinski definition) is 2. The Bertz CT molecular complexity index is 708. The summed E-state index contributed by atoms with van der Waals surface area (Å²) >= 11 is 3.55. The second-order valence-corrected chi connectivity index (χ2v) is 7.10. The molecule has 0 unspecified atom stereocenters. The molecule has 0 aromatic heterocycles. The summed E-state index contributed by atoms with van der Waals surface area (Å²) < 4.78 is 1.09. The third kappa shape index (κ3) is 3.99. The summed E-state index contributed by atoms with van der Waals surface area (Å²) in [5.74, 6) is 0.259. The van der Waals surface area contributed by atoms with E-state index in [9.17, 15) is 4.79 Å². The fourth-order valence-electron chi connectivity index (χ4n) is 3.22. The van der Waals surface area contributed by atoms with E-state index in [1.54, 1.807) is 0 Å². The Morgan fingerprint density at radius 1 is 1.00 bits per heavy atom. The molecule has 0 spiro atoms. The predicted molar refractivity (Wildman–Crippen MR) is 102 cm³/mol. The van der Waals surface area contributed by atoms with E-state index in [1.807, 2.05) is 23.1 Å². The number of carbonyl (C=O) groups excluding carboxylic acids is 1. The molecule has 1 aliphatic heterocycles. The molecule has 1 saturated heterocycles. The first kappa shape index (κ1) is 17.0. The molecule has 3 rings (SSSR count). The molecule has 0 aliphatic carbocycles. The van der Waals surface area contributed by atoms with Gasteiger partial charge in [0, 0.05) is 42.8 Å². The van der Waals surface area contributed by atoms with Crippen LogP contribution in [-0.2, 0) is 11.2 Å². The summed E-state index contributed by atoms with van der Waals surface area (Å²) in [5, 5.41) is 0. The highest BCUT2D eigenvalue weighted by molar-refractivity contribution is 9.10. The van der Waals surface area contributed by atoms with E-state index in [0.29, 0.717) is 6.42 Å². The summed E-state index contributed by atoms with van der Waals surface area (Å²) in [7, 11) is 0. The van der Waals surface area contributed by atoms with Gasteiger partial charge in [0.25, 0.3) is 0 Å². The van der Waals surface area contributed by atoms with Crippen molar-refractivity contribution in [3.8, 4) is 0 Å². The molecule has 3 nitrogen and oxygen atoms in total. The number of para-hydroxylation sites is 1. The Morgan fingerprint density at radius 2 is 1.67 bits per heavy atom. The maximum Gasteiger partial charge on any atom is 0.223 e. The second kappa shape index (κ2) is 7.84. The lowest BCUT2D eigenvalue weighted by atomic mass is 10.1. The number of piperazine rings is 1. The van der Waals surface area contributed by atoms with Crippen LogP contribution in [0.1, 0.15) is 17.5 Å². The molecular weight excluding hydrogens is 364 g/mol. The lowest BCUT2D eigenvalue weighted by molar-refractivity contribution is -0.131. The average Bonchev–Trinajstić information content (AvgIpc) is 2.61. The van der Waals surface area contributed by atoms with E-state index in [2.05, 4.69) is 58.1 Å². The third-order valence-electron chi connectivity index (χ3n) is 4.65. The molecule has 0 radical (unpaired) electrons. The minimum absolute atomic E-state index is 0.259. The molecule has 1 aliphatic rings. The molecule has 126 valence electrons. The van der Waals surface area contributed by atoms with Crippen molar-refractivity contribution in [3.05, 3.63) is 64.1 Å². The predicted octanol–water partition coefficient (Wildman–Crippen LogP) is 4.04. The van der Waals surface area contributed by atoms with E-state index < -0.39 is 0 Å². The summed E-state index contributed by atoms with van der Waals surface area (Å²) in [6.45, 7) is 5.58. The standard InChI is InChI=1S/C20H23BrN2O/c1-16-6-2-5-9-19(16)22-12-14-23(15-13-22)20(24)11-10-17-7-3-4-8-18(17)21/h2-9H,10-15H2,1H3. The summed E-state index contributed by atoms with van der Waals surface area (Å²) in [5.41, 5.74) is 3.79. The van der Waals surface area contributed by atoms with Gasteiger partial charge in [0.15, 0.2) is 0 Å². The molecule has 24 heavy (non-hydrogen) atoms. The van der Waals surface area contributed by atoms with Gasteiger partial charge in [-0.3, -0.25) is 4.79 Å². The lowest BCUT2D eigenvalue weighted by Gasteiger charge is -2.37. The van der Waals surface area contributed by atoms with Gasteiger partial charge in [0.2, 0.25) is 5.91 Å². The van der Waals surface area contributed by atoms with E-state index in [-0.39, 0.29) is 5.91 Å². The highest BCUT2D eigenvalue weighted by atomic mass is 79.9. The Hall–Kier alpha value is -1.81. The van der Waals surface area contributed by atoms with Crippen LogP contribution in [0.3, 0.4) is 0 Å². The van der Waals surface area contributed by atoms with Crippen molar-refractivity contribution in [3.63, 3.8) is 0 Å². The quantitative estimate of drug-likeness (QED) is 0.791. The number of rotatable bonds is 4. The average molecular weight is 387 g/mol. The zero-order valence-corrected chi connectivity index (χ0v) is 15.6. The van der Waals surface area contributed by atoms with Crippen molar-refractivity contribution < 1.29 is 4.79 Å². The minimum Gasteiger partial charge on any atom is -0.368 e. The van der Waals surface area contributed by atoms with Crippen LogP contribution in [0, 0.1) is 6.92 Å². The highest BCUT2D eigenvalue weighted by Crippen LogP contribution is 2.21. The number of anilines is 1. The largest absolute Gasteiger partial charge is 0.368 e. The number of halogens is 1. The van der Waals surface area contributed by atoms with E-state index in [4.69, 9.17) is 0 Å². The van der Waals surface area contributed by atoms with Crippen LogP contribution in [0.2, 0.25) is 0 Å². The Morgan fingerprint density at radius 3 is 2.38 bits per heavy atom. The topological polar surface area (TPSA) is 23.6 Å². The van der Waals surface area contributed by atoms with Crippen molar-refractivity contribution >= 4 is 27.5 Å². The number of aryl methyl sites for hydroxylation is 2. The number of amides is 1. The molecule has 0 bridgehead atoms. The molecule has 2 aromatic rings. The molecule has 0 N–H and O–H groups in total. The SMILES string of the molecule is Cc1ccccc1N1CCN(C(=O)CCc2ccccc2Br)CC1. The van der Waals surface area contributed by atoms with Crippen LogP contribution in [0.4, 0.5) is 5.69 Å². The van der Waals surface area contributed by atoms with Crippen molar-refractivity contribution in [2.24, 2.45) is 0 Å². The number of hydrogen-bond donors (Lipinski definition) is 0. The monoisotopic (exact) mass is 386 g/mol. The fourth-order valence-corrected chi connectivity index (χ4v) is 3.70. The highest BCUT2D eigenvalue weighted by Gasteiger charge is 2.21. The first-order chi connectivity index (χ1) is 11.6. The molecule has 4 heteroatoms. The van der Waals surface area contributed by atoms with Crippen molar-refractivity contribution in [1.82, 2.24) is 4.90 Å². The normalized spacial score (nSPS) is 14.8. The van der Waals surface area contributed by atoms with Crippen molar-refractivity contribution in [2.45, 2.75) is 19.8 Å². The zero-order chi connectivity index (χ0) is 16.9. The van der Waals surface area contributed by atoms with Gasteiger partial charge >= 0.3 is 0 Å². The number of benzene rings is 2. The molecule has 1 fully saturated rings. The lowest BCUT2D eigenvalue weighted by Crippen LogP contribution is -2.49. The second-order valence-electron chi connectivity index (χ2n) is 6.25. The summed E-state index contributed by atoms with van der Waals surface area (Å²) in [6, 6.07) is 16.6. The maximum absolute atomic E-state index is 12.5. The smallest absolute Gasteiger partial charge is 0.223 e. The van der Waals surface area contributed by atoms with Crippen LogP contribution in [-0.4, -0.2) is 37.0 Å². The number of nitrogens with zero attached hydrogens (tertiary/aromatic N) is 2. The molecule has 1 heterocycles. The minimum atomic E-state index is 0.259. The van der Waals surface area contributed by atoms with Crippen LogP contribution in [0.25, 0.3) is 0 Å². The van der Waals surface area contributed by atoms with Crippen LogP contribution in [0.5, 0.6) is 0 Å². The third-order valence-corrected chi connectivity index (χ3v) is 5.43. The molecule has 0 saturated carbocycles. The fraction of sp³-hybridized carbons (Fsp3) is 0.350. The summed E-state index contributed by atoms with van der Waals surface area (Å²) in [6.07, 6.45) is 1.37.